The van der Waals surface area contributed by atoms with Gasteiger partial charge in [0, 0.05) is 6.04 Å². The predicted octanol–water partition coefficient (Wildman–Crippen LogP) is 3.74. The van der Waals surface area contributed by atoms with Crippen LogP contribution in [-0.4, -0.2) is 17.2 Å². The Morgan fingerprint density at radius 2 is 2.05 bits per heavy atom. The molecule has 0 radical (unpaired) electrons. The van der Waals surface area contributed by atoms with Crippen molar-refractivity contribution >= 4 is 36.1 Å². The lowest BCUT2D eigenvalue weighted by atomic mass is 9.96. The average molecular weight is 301 g/mol. The number of benzene rings is 1. The molecule has 0 bridgehead atoms. The van der Waals surface area contributed by atoms with Gasteiger partial charge in [-0.15, -0.1) is 0 Å². The third kappa shape index (κ3) is 3.48. The van der Waals surface area contributed by atoms with Crippen molar-refractivity contribution < 1.29 is 9.90 Å². The van der Waals surface area contributed by atoms with E-state index in [2.05, 4.69) is 18.1 Å². The molecule has 1 aliphatic carbocycles. The van der Waals surface area contributed by atoms with Gasteiger partial charge in [0.15, 0.2) is 5.75 Å². The highest BCUT2D eigenvalue weighted by atomic mass is 35.5. The first-order valence-corrected chi connectivity index (χ1v) is 7.14. The zero-order valence-electron chi connectivity index (χ0n) is 10.5. The molecule has 6 heteroatoms. The molecule has 1 aromatic carbocycles. The van der Waals surface area contributed by atoms with Crippen molar-refractivity contribution in [2.75, 3.05) is 4.31 Å². The van der Waals surface area contributed by atoms with Gasteiger partial charge in [-0.1, -0.05) is 49.7 Å². The molecule has 0 aromatic heterocycles. The number of aromatic hydroxyl groups is 1. The van der Waals surface area contributed by atoms with E-state index in [0.717, 1.165) is 30.0 Å². The summed E-state index contributed by atoms with van der Waals surface area (Å²) in [5.74, 6) is -0.141. The van der Waals surface area contributed by atoms with Crippen LogP contribution in [0.3, 0.4) is 0 Å². The lowest BCUT2D eigenvalue weighted by Gasteiger charge is -2.25. The summed E-state index contributed by atoms with van der Waals surface area (Å²) in [5.41, 5.74) is 0.282. The minimum atomic E-state index is -0.340. The number of urea groups is 1. The number of nitrogens with zero attached hydrogens (tertiary/aromatic N) is 1. The van der Waals surface area contributed by atoms with E-state index in [0.29, 0.717) is 0 Å². The maximum Gasteiger partial charge on any atom is 0.332 e. The summed E-state index contributed by atoms with van der Waals surface area (Å²) in [7, 11) is 0. The van der Waals surface area contributed by atoms with E-state index in [-0.39, 0.29) is 28.5 Å². The first kappa shape index (κ1) is 14.3. The zero-order chi connectivity index (χ0) is 13.8. The van der Waals surface area contributed by atoms with Crippen LogP contribution >= 0.6 is 24.4 Å². The number of amides is 2. The number of halogens is 1. The summed E-state index contributed by atoms with van der Waals surface area (Å²) in [4.78, 5) is 12.1. The van der Waals surface area contributed by atoms with Crippen molar-refractivity contribution in [1.82, 2.24) is 5.32 Å². The molecule has 1 saturated carbocycles. The van der Waals surface area contributed by atoms with Gasteiger partial charge in [-0.3, -0.25) is 0 Å². The van der Waals surface area contributed by atoms with E-state index in [9.17, 15) is 9.90 Å². The van der Waals surface area contributed by atoms with E-state index >= 15 is 0 Å². The van der Waals surface area contributed by atoms with Crippen LogP contribution < -0.4 is 9.62 Å². The first-order chi connectivity index (χ1) is 9.09. The largest absolute Gasteiger partial charge is 0.504 e. The SMILES string of the molecule is O=C(NC1CCCCC1)N(S)c1cccc(Cl)c1O. The summed E-state index contributed by atoms with van der Waals surface area (Å²) in [6.45, 7) is 0. The van der Waals surface area contributed by atoms with Gasteiger partial charge in [0.2, 0.25) is 0 Å². The Bertz CT molecular complexity index is 464. The molecule has 2 rings (SSSR count). The number of thiol groups is 1. The van der Waals surface area contributed by atoms with Gasteiger partial charge in [-0.25, -0.2) is 9.10 Å². The maximum absolute atomic E-state index is 12.1. The molecule has 0 saturated heterocycles. The second kappa shape index (κ2) is 6.39. The fourth-order valence-electron chi connectivity index (χ4n) is 2.27. The van der Waals surface area contributed by atoms with Gasteiger partial charge in [-0.05, 0) is 25.0 Å². The highest BCUT2D eigenvalue weighted by Gasteiger charge is 2.21. The number of carbonyl (C=O) groups is 1. The molecular formula is C13H17ClN2O2S. The van der Waals surface area contributed by atoms with Crippen LogP contribution in [0.4, 0.5) is 10.5 Å². The van der Waals surface area contributed by atoms with E-state index in [1.807, 2.05) is 0 Å². The number of rotatable bonds is 2. The minimum Gasteiger partial charge on any atom is -0.504 e. The van der Waals surface area contributed by atoms with Gasteiger partial charge in [0.05, 0.1) is 5.02 Å². The first-order valence-electron chi connectivity index (χ1n) is 6.36. The number of hydrogen-bond acceptors (Lipinski definition) is 3. The third-order valence-electron chi connectivity index (χ3n) is 3.32. The highest BCUT2D eigenvalue weighted by molar-refractivity contribution is 7.82. The Kier molecular flexibility index (Phi) is 4.82. The van der Waals surface area contributed by atoms with Gasteiger partial charge < -0.3 is 10.4 Å². The van der Waals surface area contributed by atoms with Crippen molar-refractivity contribution in [3.63, 3.8) is 0 Å². The summed E-state index contributed by atoms with van der Waals surface area (Å²) in [6, 6.07) is 4.66. The maximum atomic E-state index is 12.1. The molecule has 1 aliphatic rings. The summed E-state index contributed by atoms with van der Waals surface area (Å²) < 4.78 is 1.09. The van der Waals surface area contributed by atoms with Gasteiger partial charge in [-0.2, -0.15) is 0 Å². The lowest BCUT2D eigenvalue weighted by Crippen LogP contribution is -2.42. The third-order valence-corrected chi connectivity index (χ3v) is 4.02. The number of anilines is 1. The second-order valence-corrected chi connectivity index (χ2v) is 5.51. The summed E-state index contributed by atoms with van der Waals surface area (Å²) >= 11 is 9.95. The molecule has 0 spiro atoms. The number of para-hydroxylation sites is 1. The molecule has 0 atom stereocenters. The Labute approximate surface area is 123 Å². The van der Waals surface area contributed by atoms with Crippen molar-refractivity contribution in [2.24, 2.45) is 0 Å². The number of nitrogens with one attached hydrogen (secondary N) is 1. The van der Waals surface area contributed by atoms with Crippen molar-refractivity contribution in [3.8, 4) is 5.75 Å². The molecule has 104 valence electrons. The summed E-state index contributed by atoms with van der Waals surface area (Å²) in [5, 5.41) is 12.9. The fourth-order valence-corrected chi connectivity index (χ4v) is 2.66. The molecule has 0 heterocycles. The average Bonchev–Trinajstić information content (AvgIpc) is 2.42. The monoisotopic (exact) mass is 300 g/mol. The van der Waals surface area contributed by atoms with E-state index < -0.39 is 0 Å². The topological polar surface area (TPSA) is 52.6 Å². The zero-order valence-corrected chi connectivity index (χ0v) is 12.1. The molecule has 0 aliphatic heterocycles. The normalized spacial score (nSPS) is 16.1. The Morgan fingerprint density at radius 3 is 2.74 bits per heavy atom. The van der Waals surface area contributed by atoms with Gasteiger partial charge in [0.25, 0.3) is 0 Å². The molecular weight excluding hydrogens is 284 g/mol. The Hall–Kier alpha value is -1.07. The molecule has 2 N–H and O–H groups in total. The summed E-state index contributed by atoms with van der Waals surface area (Å²) in [6.07, 6.45) is 5.50. The number of carbonyl (C=O) groups excluding carboxylic acids is 1. The van der Waals surface area contributed by atoms with Crippen LogP contribution in [0.15, 0.2) is 18.2 Å². The van der Waals surface area contributed by atoms with E-state index in [1.165, 1.54) is 6.42 Å². The molecule has 4 nitrogen and oxygen atoms in total. The molecule has 19 heavy (non-hydrogen) atoms. The molecule has 0 unspecified atom stereocenters. The van der Waals surface area contributed by atoms with E-state index in [1.54, 1.807) is 18.2 Å². The minimum absolute atomic E-state index is 0.141. The van der Waals surface area contributed by atoms with Crippen LogP contribution in [0.5, 0.6) is 5.75 Å². The lowest BCUT2D eigenvalue weighted by molar-refractivity contribution is 0.242. The van der Waals surface area contributed by atoms with Crippen molar-refractivity contribution in [1.29, 1.82) is 0 Å². The molecule has 1 fully saturated rings. The number of phenolic OH excluding ortho intramolecular Hbond substituents is 1. The highest BCUT2D eigenvalue weighted by Crippen LogP contribution is 2.35. The number of hydrogen-bond donors (Lipinski definition) is 3. The van der Waals surface area contributed by atoms with Gasteiger partial charge in [0.1, 0.15) is 5.69 Å². The Balaban J connectivity index is 2.03. The predicted molar refractivity (Wildman–Crippen MR) is 80.0 cm³/mol. The van der Waals surface area contributed by atoms with Crippen LogP contribution in [-0.2, 0) is 0 Å². The smallest absolute Gasteiger partial charge is 0.332 e. The molecule has 2 amide bonds. The van der Waals surface area contributed by atoms with Crippen LogP contribution in [0.2, 0.25) is 5.02 Å². The quantitative estimate of drug-likeness (QED) is 0.729. The van der Waals surface area contributed by atoms with Crippen LogP contribution in [0.25, 0.3) is 0 Å². The van der Waals surface area contributed by atoms with Crippen LogP contribution in [0.1, 0.15) is 32.1 Å². The second-order valence-electron chi connectivity index (χ2n) is 4.70. The van der Waals surface area contributed by atoms with E-state index in [4.69, 9.17) is 11.6 Å². The number of phenols is 1. The molecule has 1 aromatic rings. The van der Waals surface area contributed by atoms with Crippen molar-refractivity contribution in [3.05, 3.63) is 23.2 Å². The fraction of sp³-hybridized carbons (Fsp3) is 0.462. The Morgan fingerprint density at radius 1 is 1.37 bits per heavy atom. The van der Waals surface area contributed by atoms with Crippen molar-refractivity contribution in [2.45, 2.75) is 38.1 Å². The standard InChI is InChI=1S/C13H17ClN2O2S/c14-10-7-4-8-11(12(10)17)16(19)13(18)15-9-5-2-1-3-6-9/h4,7-9,17,19H,1-3,5-6H2,(H,15,18). The van der Waals surface area contributed by atoms with Gasteiger partial charge >= 0.3 is 6.03 Å². The van der Waals surface area contributed by atoms with Crippen LogP contribution in [0, 0.1) is 0 Å².